The van der Waals surface area contributed by atoms with Crippen molar-refractivity contribution in [3.05, 3.63) is 83.9 Å². The van der Waals surface area contributed by atoms with E-state index in [1.165, 1.54) is 18.7 Å². The highest BCUT2D eigenvalue weighted by atomic mass is 16.2. The smallest absolute Gasteiger partial charge is 0.255 e. The lowest BCUT2D eigenvalue weighted by Gasteiger charge is -2.17. The van der Waals surface area contributed by atoms with Crippen LogP contribution in [0.1, 0.15) is 34.3 Å². The second-order valence-electron chi connectivity index (χ2n) is 7.33. The molecule has 0 aliphatic heterocycles. The fourth-order valence-electron chi connectivity index (χ4n) is 3.14. The number of aromatic nitrogens is 2. The molecule has 154 valence electrons. The van der Waals surface area contributed by atoms with Crippen LogP contribution in [0.15, 0.2) is 67.3 Å². The summed E-state index contributed by atoms with van der Waals surface area (Å²) in [6.45, 7) is 0.347. The van der Waals surface area contributed by atoms with Gasteiger partial charge in [-0.25, -0.2) is 9.97 Å². The quantitative estimate of drug-likeness (QED) is 0.549. The summed E-state index contributed by atoms with van der Waals surface area (Å²) in [6.07, 6.45) is 5.38. The Hall–Kier alpha value is -4.25. The minimum Gasteiger partial charge on any atom is -0.354 e. The van der Waals surface area contributed by atoms with Crippen molar-refractivity contribution in [2.75, 3.05) is 5.32 Å². The first-order valence-electron chi connectivity index (χ1n) is 9.80. The standard InChI is InChI=1S/C23H20N6O2/c24-11-17-3-1-2-4-20(17)28-19-7-5-16(6-8-19)12-27-22(31)23(9-10-23)29-21(30)18-13-25-15-26-14-18/h1-8,13-15,28H,9-10,12H2,(H,27,31)(H,29,30). The molecule has 0 bridgehead atoms. The molecule has 1 saturated carbocycles. The van der Waals surface area contributed by atoms with Gasteiger partial charge < -0.3 is 16.0 Å². The van der Waals surface area contributed by atoms with Crippen molar-refractivity contribution in [3.8, 4) is 6.07 Å². The molecular weight excluding hydrogens is 392 g/mol. The van der Waals surface area contributed by atoms with Crippen molar-refractivity contribution in [3.63, 3.8) is 0 Å². The second kappa shape index (κ2) is 8.63. The molecule has 31 heavy (non-hydrogen) atoms. The summed E-state index contributed by atoms with van der Waals surface area (Å²) < 4.78 is 0. The number of amides is 2. The Morgan fingerprint density at radius 3 is 2.42 bits per heavy atom. The van der Waals surface area contributed by atoms with E-state index >= 15 is 0 Å². The maximum atomic E-state index is 12.6. The van der Waals surface area contributed by atoms with Crippen LogP contribution >= 0.6 is 0 Å². The van der Waals surface area contributed by atoms with E-state index in [1.807, 2.05) is 42.5 Å². The van der Waals surface area contributed by atoms with E-state index in [9.17, 15) is 14.9 Å². The third-order valence-corrected chi connectivity index (χ3v) is 5.09. The number of hydrogen-bond donors (Lipinski definition) is 3. The molecule has 2 aromatic carbocycles. The molecule has 0 radical (unpaired) electrons. The Kier molecular flexibility index (Phi) is 5.58. The number of nitriles is 1. The van der Waals surface area contributed by atoms with Gasteiger partial charge >= 0.3 is 0 Å². The van der Waals surface area contributed by atoms with E-state index in [-0.39, 0.29) is 11.8 Å². The fraction of sp³-hybridized carbons (Fsp3) is 0.174. The maximum Gasteiger partial charge on any atom is 0.255 e. The molecule has 0 unspecified atom stereocenters. The van der Waals surface area contributed by atoms with Gasteiger partial charge in [0.05, 0.1) is 16.8 Å². The van der Waals surface area contributed by atoms with Gasteiger partial charge in [0.25, 0.3) is 5.91 Å². The molecule has 0 saturated heterocycles. The van der Waals surface area contributed by atoms with E-state index in [0.717, 1.165) is 16.9 Å². The second-order valence-corrected chi connectivity index (χ2v) is 7.33. The first-order valence-corrected chi connectivity index (χ1v) is 9.80. The highest BCUT2D eigenvalue weighted by Gasteiger charge is 2.51. The van der Waals surface area contributed by atoms with Crippen molar-refractivity contribution in [1.82, 2.24) is 20.6 Å². The molecule has 1 aliphatic rings. The van der Waals surface area contributed by atoms with Crippen LogP contribution in [0.3, 0.4) is 0 Å². The maximum absolute atomic E-state index is 12.6. The summed E-state index contributed by atoms with van der Waals surface area (Å²) in [4.78, 5) is 32.6. The highest BCUT2D eigenvalue weighted by molar-refractivity contribution is 6.00. The normalized spacial score (nSPS) is 13.5. The third kappa shape index (κ3) is 4.67. The summed E-state index contributed by atoms with van der Waals surface area (Å²) >= 11 is 0. The van der Waals surface area contributed by atoms with Crippen LogP contribution in [0.4, 0.5) is 11.4 Å². The Morgan fingerprint density at radius 1 is 1.03 bits per heavy atom. The number of carbonyl (C=O) groups excluding carboxylic acids is 2. The van der Waals surface area contributed by atoms with Gasteiger partial charge in [-0.2, -0.15) is 5.26 Å². The third-order valence-electron chi connectivity index (χ3n) is 5.09. The number of nitrogens with zero attached hydrogens (tertiary/aromatic N) is 3. The minimum atomic E-state index is -0.866. The van der Waals surface area contributed by atoms with Gasteiger partial charge in [0.15, 0.2) is 0 Å². The van der Waals surface area contributed by atoms with Gasteiger partial charge in [-0.05, 0) is 42.7 Å². The van der Waals surface area contributed by atoms with Crippen LogP contribution < -0.4 is 16.0 Å². The largest absolute Gasteiger partial charge is 0.354 e. The first kappa shape index (κ1) is 20.0. The lowest BCUT2D eigenvalue weighted by molar-refractivity contribution is -0.124. The van der Waals surface area contributed by atoms with Crippen LogP contribution in [-0.4, -0.2) is 27.3 Å². The summed E-state index contributed by atoms with van der Waals surface area (Å²) in [5.74, 6) is -0.566. The van der Waals surface area contributed by atoms with E-state index < -0.39 is 5.54 Å². The molecule has 1 fully saturated rings. The van der Waals surface area contributed by atoms with Crippen molar-refractivity contribution in [1.29, 1.82) is 5.26 Å². The Balaban J connectivity index is 1.32. The number of hydrogen-bond acceptors (Lipinski definition) is 6. The lowest BCUT2D eigenvalue weighted by atomic mass is 10.1. The van der Waals surface area contributed by atoms with Gasteiger partial charge in [-0.1, -0.05) is 24.3 Å². The van der Waals surface area contributed by atoms with E-state index in [4.69, 9.17) is 0 Å². The molecule has 1 aromatic heterocycles. The molecule has 1 heterocycles. The molecule has 1 aliphatic carbocycles. The summed E-state index contributed by atoms with van der Waals surface area (Å²) in [5, 5.41) is 18.1. The highest BCUT2D eigenvalue weighted by Crippen LogP contribution is 2.36. The number of anilines is 2. The molecule has 2 amide bonds. The van der Waals surface area contributed by atoms with Crippen molar-refractivity contribution >= 4 is 23.2 Å². The number of rotatable bonds is 7. The molecular formula is C23H20N6O2. The number of carbonyl (C=O) groups is 2. The molecule has 3 N–H and O–H groups in total. The lowest BCUT2D eigenvalue weighted by Crippen LogP contribution is -2.48. The van der Waals surface area contributed by atoms with Gasteiger partial charge in [0, 0.05) is 24.6 Å². The molecule has 3 aromatic rings. The number of benzene rings is 2. The van der Waals surface area contributed by atoms with E-state index in [2.05, 4.69) is 32.0 Å². The van der Waals surface area contributed by atoms with Crippen molar-refractivity contribution in [2.24, 2.45) is 0 Å². The van der Waals surface area contributed by atoms with Gasteiger partial charge in [0.1, 0.15) is 17.9 Å². The SMILES string of the molecule is N#Cc1ccccc1Nc1ccc(CNC(=O)C2(NC(=O)c3cncnc3)CC2)cc1. The number of para-hydroxylation sites is 1. The summed E-state index contributed by atoms with van der Waals surface area (Å²) in [5.41, 5.74) is 2.52. The zero-order valence-electron chi connectivity index (χ0n) is 16.6. The Labute approximate surface area is 179 Å². The predicted molar refractivity (Wildman–Crippen MR) is 114 cm³/mol. The van der Waals surface area contributed by atoms with Gasteiger partial charge in [0.2, 0.25) is 5.91 Å². The molecule has 0 spiro atoms. The van der Waals surface area contributed by atoms with Gasteiger partial charge in [-0.3, -0.25) is 9.59 Å². The first-order chi connectivity index (χ1) is 15.1. The topological polar surface area (TPSA) is 120 Å². The average molecular weight is 412 g/mol. The molecule has 0 atom stereocenters. The van der Waals surface area contributed by atoms with Crippen molar-refractivity contribution in [2.45, 2.75) is 24.9 Å². The molecule has 4 rings (SSSR count). The zero-order chi connectivity index (χ0) is 21.7. The van der Waals surface area contributed by atoms with E-state index in [0.29, 0.717) is 30.5 Å². The zero-order valence-corrected chi connectivity index (χ0v) is 16.6. The van der Waals surface area contributed by atoms with Crippen LogP contribution in [0.5, 0.6) is 0 Å². The van der Waals surface area contributed by atoms with Crippen LogP contribution in [-0.2, 0) is 11.3 Å². The Morgan fingerprint density at radius 2 is 1.74 bits per heavy atom. The predicted octanol–water partition coefficient (Wildman–Crippen LogP) is 2.67. The summed E-state index contributed by atoms with van der Waals surface area (Å²) in [6, 6.07) is 17.0. The van der Waals surface area contributed by atoms with Crippen LogP contribution in [0.25, 0.3) is 0 Å². The van der Waals surface area contributed by atoms with Crippen molar-refractivity contribution < 1.29 is 9.59 Å². The van der Waals surface area contributed by atoms with E-state index in [1.54, 1.807) is 6.07 Å². The monoisotopic (exact) mass is 412 g/mol. The number of nitrogens with one attached hydrogen (secondary N) is 3. The molecule has 8 nitrogen and oxygen atoms in total. The van der Waals surface area contributed by atoms with Gasteiger partial charge in [-0.15, -0.1) is 0 Å². The minimum absolute atomic E-state index is 0.206. The fourth-order valence-corrected chi connectivity index (χ4v) is 3.14. The average Bonchev–Trinajstić information content (AvgIpc) is 3.60. The van der Waals surface area contributed by atoms with Crippen LogP contribution in [0, 0.1) is 11.3 Å². The van der Waals surface area contributed by atoms with Crippen LogP contribution in [0.2, 0.25) is 0 Å². The summed E-state index contributed by atoms with van der Waals surface area (Å²) in [7, 11) is 0. The Bertz CT molecular complexity index is 1130. The molecule has 8 heteroatoms.